The van der Waals surface area contributed by atoms with Gasteiger partial charge in [-0.25, -0.2) is 4.79 Å². The summed E-state index contributed by atoms with van der Waals surface area (Å²) in [6.07, 6.45) is 4.16. The molecule has 120 valence electrons. The molecule has 0 heterocycles. The Hall–Kier alpha value is -1.59. The maximum Gasteiger partial charge on any atom is 0.329 e. The predicted molar refractivity (Wildman–Crippen MR) is 78.7 cm³/mol. The molecule has 21 heavy (non-hydrogen) atoms. The van der Waals surface area contributed by atoms with Crippen LogP contribution in [-0.2, 0) is 14.4 Å². The average molecular weight is 298 g/mol. The number of carboxylic acids is 1. The quantitative estimate of drug-likeness (QED) is 0.743. The Morgan fingerprint density at radius 2 is 1.81 bits per heavy atom. The molecule has 0 spiro atoms. The maximum atomic E-state index is 12.1. The number of likely N-dealkylation sites (N-methyl/N-ethyl adjacent to an activating group) is 1. The van der Waals surface area contributed by atoms with Crippen molar-refractivity contribution >= 4 is 17.8 Å². The number of carboxylic acid groups (broad SMARTS) is 1. The van der Waals surface area contributed by atoms with E-state index in [0.717, 1.165) is 25.7 Å². The molecule has 0 unspecified atom stereocenters. The highest BCUT2D eigenvalue weighted by atomic mass is 16.4. The van der Waals surface area contributed by atoms with Crippen LogP contribution in [0.2, 0.25) is 0 Å². The highest BCUT2D eigenvalue weighted by Crippen LogP contribution is 2.24. The van der Waals surface area contributed by atoms with Crippen LogP contribution in [0.4, 0.5) is 0 Å². The molecule has 1 fully saturated rings. The number of nitrogens with zero attached hydrogens (tertiary/aromatic N) is 1. The van der Waals surface area contributed by atoms with E-state index in [0.29, 0.717) is 6.54 Å². The van der Waals surface area contributed by atoms with Crippen LogP contribution in [0.5, 0.6) is 0 Å². The van der Waals surface area contributed by atoms with Crippen LogP contribution in [-0.4, -0.2) is 46.4 Å². The van der Waals surface area contributed by atoms with Gasteiger partial charge in [0.1, 0.15) is 5.54 Å². The van der Waals surface area contributed by atoms with Crippen molar-refractivity contribution in [1.29, 1.82) is 0 Å². The summed E-state index contributed by atoms with van der Waals surface area (Å²) in [5.41, 5.74) is -1.23. The molecule has 6 heteroatoms. The first-order chi connectivity index (χ1) is 9.80. The summed E-state index contributed by atoms with van der Waals surface area (Å²) in [5.74, 6) is -1.19. The van der Waals surface area contributed by atoms with Crippen LogP contribution in [0.15, 0.2) is 0 Å². The van der Waals surface area contributed by atoms with E-state index in [-0.39, 0.29) is 30.7 Å². The lowest BCUT2D eigenvalue weighted by atomic mass is 10.0. The average Bonchev–Trinajstić information content (AvgIpc) is 2.92. The number of rotatable bonds is 7. The molecular weight excluding hydrogens is 272 g/mol. The Morgan fingerprint density at radius 3 is 2.29 bits per heavy atom. The third kappa shape index (κ3) is 4.44. The largest absolute Gasteiger partial charge is 0.480 e. The van der Waals surface area contributed by atoms with Gasteiger partial charge in [-0.1, -0.05) is 12.8 Å². The van der Waals surface area contributed by atoms with Gasteiger partial charge in [-0.15, -0.1) is 0 Å². The van der Waals surface area contributed by atoms with Gasteiger partial charge in [-0.2, -0.15) is 0 Å². The molecule has 1 aliphatic rings. The Kier molecular flexibility index (Phi) is 6.18. The van der Waals surface area contributed by atoms with Crippen LogP contribution in [0.3, 0.4) is 0 Å². The van der Waals surface area contributed by atoms with Gasteiger partial charge in [0.15, 0.2) is 0 Å². The van der Waals surface area contributed by atoms with E-state index in [1.807, 2.05) is 0 Å². The topological polar surface area (TPSA) is 86.7 Å². The smallest absolute Gasteiger partial charge is 0.329 e. The Bertz CT molecular complexity index is 400. The van der Waals surface area contributed by atoms with Crippen molar-refractivity contribution in [2.45, 2.75) is 58.4 Å². The predicted octanol–water partition coefficient (Wildman–Crippen LogP) is 1.39. The first-order valence-electron chi connectivity index (χ1n) is 7.62. The number of amides is 2. The monoisotopic (exact) mass is 298 g/mol. The highest BCUT2D eigenvalue weighted by Gasteiger charge is 2.36. The minimum Gasteiger partial charge on any atom is -0.480 e. The summed E-state index contributed by atoms with van der Waals surface area (Å²) < 4.78 is 0. The van der Waals surface area contributed by atoms with E-state index in [1.54, 1.807) is 6.92 Å². The molecule has 1 rings (SSSR count). The van der Waals surface area contributed by atoms with Gasteiger partial charge in [0, 0.05) is 25.4 Å². The van der Waals surface area contributed by atoms with Gasteiger partial charge in [0.05, 0.1) is 0 Å². The maximum absolute atomic E-state index is 12.1. The fourth-order valence-corrected chi connectivity index (χ4v) is 2.76. The van der Waals surface area contributed by atoms with E-state index in [9.17, 15) is 19.5 Å². The minimum atomic E-state index is -1.23. The zero-order valence-electron chi connectivity index (χ0n) is 13.1. The second-order valence-electron chi connectivity index (χ2n) is 6.02. The molecule has 0 aromatic carbocycles. The molecule has 2 N–H and O–H groups in total. The Labute approximate surface area is 125 Å². The third-order valence-corrected chi connectivity index (χ3v) is 4.18. The minimum absolute atomic E-state index is 0.0147. The number of carbonyl (C=O) groups is 3. The zero-order chi connectivity index (χ0) is 16.0. The van der Waals surface area contributed by atoms with Gasteiger partial charge in [0.2, 0.25) is 11.8 Å². The van der Waals surface area contributed by atoms with E-state index in [2.05, 4.69) is 5.32 Å². The molecule has 0 saturated heterocycles. The molecule has 0 aromatic rings. The summed E-state index contributed by atoms with van der Waals surface area (Å²) in [4.78, 5) is 36.5. The number of carbonyl (C=O) groups excluding carboxylic acids is 2. The van der Waals surface area contributed by atoms with Crippen molar-refractivity contribution in [3.05, 3.63) is 0 Å². The van der Waals surface area contributed by atoms with Crippen molar-refractivity contribution in [2.75, 3.05) is 13.1 Å². The lowest BCUT2D eigenvalue weighted by Gasteiger charge is -2.34. The molecule has 1 aliphatic carbocycles. The molecular formula is C15H26N2O4. The van der Waals surface area contributed by atoms with Crippen molar-refractivity contribution < 1.29 is 19.5 Å². The van der Waals surface area contributed by atoms with Crippen molar-refractivity contribution in [3.63, 3.8) is 0 Å². The number of nitrogens with one attached hydrogen (secondary N) is 1. The SMILES string of the molecule is CCN(C(=O)CCNC(=O)C1CCCC1)C(C)(C)C(=O)O. The second-order valence-corrected chi connectivity index (χ2v) is 6.02. The van der Waals surface area contributed by atoms with Gasteiger partial charge in [0.25, 0.3) is 0 Å². The zero-order valence-corrected chi connectivity index (χ0v) is 13.1. The Balaban J connectivity index is 2.44. The van der Waals surface area contributed by atoms with E-state index in [1.165, 1.54) is 18.7 Å². The van der Waals surface area contributed by atoms with Gasteiger partial charge in [-0.05, 0) is 33.6 Å². The van der Waals surface area contributed by atoms with Gasteiger partial charge < -0.3 is 15.3 Å². The molecule has 0 bridgehead atoms. The van der Waals surface area contributed by atoms with Gasteiger partial charge in [-0.3, -0.25) is 9.59 Å². The molecule has 1 saturated carbocycles. The Morgan fingerprint density at radius 1 is 1.24 bits per heavy atom. The van der Waals surface area contributed by atoms with Crippen molar-refractivity contribution in [3.8, 4) is 0 Å². The molecule has 0 atom stereocenters. The van der Waals surface area contributed by atoms with Crippen LogP contribution in [0, 0.1) is 5.92 Å². The first-order valence-corrected chi connectivity index (χ1v) is 7.62. The fraction of sp³-hybridized carbons (Fsp3) is 0.800. The molecule has 6 nitrogen and oxygen atoms in total. The fourth-order valence-electron chi connectivity index (χ4n) is 2.76. The number of hydrogen-bond acceptors (Lipinski definition) is 3. The lowest BCUT2D eigenvalue weighted by molar-refractivity contribution is -0.156. The molecule has 2 amide bonds. The van der Waals surface area contributed by atoms with E-state index >= 15 is 0 Å². The summed E-state index contributed by atoms with van der Waals surface area (Å²) in [7, 11) is 0. The molecule has 0 aromatic heterocycles. The van der Waals surface area contributed by atoms with Gasteiger partial charge >= 0.3 is 5.97 Å². The summed E-state index contributed by atoms with van der Waals surface area (Å²) >= 11 is 0. The van der Waals surface area contributed by atoms with Crippen molar-refractivity contribution in [1.82, 2.24) is 10.2 Å². The van der Waals surface area contributed by atoms with Crippen molar-refractivity contribution in [2.24, 2.45) is 5.92 Å². The number of hydrogen-bond donors (Lipinski definition) is 2. The second kappa shape index (κ2) is 7.43. The highest BCUT2D eigenvalue weighted by molar-refractivity contribution is 5.87. The molecule has 0 aliphatic heterocycles. The summed E-state index contributed by atoms with van der Waals surface area (Å²) in [5, 5.41) is 12.0. The standard InChI is InChI=1S/C15H26N2O4/c1-4-17(15(2,3)14(20)21)12(18)9-10-16-13(19)11-7-5-6-8-11/h11H,4-10H2,1-3H3,(H,16,19)(H,20,21). The normalized spacial score (nSPS) is 15.8. The third-order valence-electron chi connectivity index (χ3n) is 4.18. The first kappa shape index (κ1) is 17.5. The van der Waals surface area contributed by atoms with E-state index < -0.39 is 11.5 Å². The molecule has 0 radical (unpaired) electrons. The summed E-state index contributed by atoms with van der Waals surface area (Å²) in [6.45, 7) is 5.36. The number of aliphatic carboxylic acids is 1. The van der Waals surface area contributed by atoms with Crippen LogP contribution in [0.25, 0.3) is 0 Å². The lowest BCUT2D eigenvalue weighted by Crippen LogP contribution is -2.53. The van der Waals surface area contributed by atoms with Crippen LogP contribution < -0.4 is 5.32 Å². The summed E-state index contributed by atoms with van der Waals surface area (Å²) in [6, 6.07) is 0. The van der Waals surface area contributed by atoms with Crippen LogP contribution >= 0.6 is 0 Å². The van der Waals surface area contributed by atoms with Crippen LogP contribution in [0.1, 0.15) is 52.9 Å². The van der Waals surface area contributed by atoms with E-state index in [4.69, 9.17) is 0 Å².